The van der Waals surface area contributed by atoms with Crippen molar-refractivity contribution >= 4 is 12.6 Å². The zero-order valence-electron chi connectivity index (χ0n) is 11.0. The lowest BCUT2D eigenvalue weighted by Crippen LogP contribution is -2.22. The van der Waals surface area contributed by atoms with Gasteiger partial charge in [0.2, 0.25) is 0 Å². The van der Waals surface area contributed by atoms with Crippen molar-refractivity contribution in [1.82, 2.24) is 4.90 Å². The van der Waals surface area contributed by atoms with E-state index in [9.17, 15) is 0 Å². The maximum absolute atomic E-state index is 4.37. The molecule has 1 rings (SSSR count). The summed E-state index contributed by atoms with van der Waals surface area (Å²) < 4.78 is 0. The lowest BCUT2D eigenvalue weighted by molar-refractivity contribution is 0.292. The summed E-state index contributed by atoms with van der Waals surface area (Å²) in [5.74, 6) is 0.926. The van der Waals surface area contributed by atoms with E-state index in [1.165, 1.54) is 22.3 Å². The van der Waals surface area contributed by atoms with E-state index >= 15 is 0 Å². The van der Waals surface area contributed by atoms with Gasteiger partial charge in [0.15, 0.2) is 0 Å². The average Bonchev–Trinajstić information content (AvgIpc) is 2.14. The molecule has 16 heavy (non-hydrogen) atoms. The summed E-state index contributed by atoms with van der Waals surface area (Å²) in [7, 11) is 4.29. The Bertz CT molecular complexity index is 335. The van der Waals surface area contributed by atoms with Crippen molar-refractivity contribution in [3.8, 4) is 0 Å². The molecule has 0 N–H and O–H groups in total. The van der Waals surface area contributed by atoms with Crippen LogP contribution >= 0.6 is 12.6 Å². The Morgan fingerprint density at radius 2 is 1.62 bits per heavy atom. The van der Waals surface area contributed by atoms with Gasteiger partial charge in [0, 0.05) is 6.04 Å². The van der Waals surface area contributed by atoms with Crippen LogP contribution in [0.5, 0.6) is 0 Å². The van der Waals surface area contributed by atoms with Crippen LogP contribution in [0.15, 0.2) is 12.1 Å². The fourth-order valence-electron chi connectivity index (χ4n) is 2.50. The fraction of sp³-hybridized carbons (Fsp3) is 0.571. The number of aryl methyl sites for hydroxylation is 3. The van der Waals surface area contributed by atoms with Crippen LogP contribution in [0.1, 0.15) is 34.7 Å². The van der Waals surface area contributed by atoms with Gasteiger partial charge in [-0.2, -0.15) is 12.6 Å². The molecule has 0 amide bonds. The van der Waals surface area contributed by atoms with Gasteiger partial charge >= 0.3 is 0 Å². The van der Waals surface area contributed by atoms with Gasteiger partial charge in [0.1, 0.15) is 0 Å². The van der Waals surface area contributed by atoms with Gasteiger partial charge in [-0.05, 0) is 63.7 Å². The number of rotatable bonds is 4. The Kier molecular flexibility index (Phi) is 4.88. The van der Waals surface area contributed by atoms with Gasteiger partial charge in [-0.25, -0.2) is 0 Å². The highest BCUT2D eigenvalue weighted by Crippen LogP contribution is 2.29. The molecule has 0 spiro atoms. The van der Waals surface area contributed by atoms with E-state index in [4.69, 9.17) is 0 Å². The van der Waals surface area contributed by atoms with Gasteiger partial charge in [0.25, 0.3) is 0 Å². The first-order valence-electron chi connectivity index (χ1n) is 5.82. The van der Waals surface area contributed by atoms with Crippen molar-refractivity contribution in [2.24, 2.45) is 0 Å². The van der Waals surface area contributed by atoms with Crippen molar-refractivity contribution < 1.29 is 0 Å². The minimum absolute atomic E-state index is 0.484. The molecule has 0 aliphatic carbocycles. The van der Waals surface area contributed by atoms with Gasteiger partial charge < -0.3 is 4.90 Å². The predicted octanol–water partition coefficient (Wildman–Crippen LogP) is 3.53. The normalized spacial score (nSPS) is 13.2. The monoisotopic (exact) mass is 237 g/mol. The van der Waals surface area contributed by atoms with Gasteiger partial charge in [0.05, 0.1) is 0 Å². The average molecular weight is 237 g/mol. The standard InChI is InChI=1S/C14H23NS/c1-10-8-11(2)14(12(3)9-10)13(6-7-16)15(4)5/h8-9,13,16H,6-7H2,1-5H3. The molecule has 2 heteroatoms. The zero-order valence-corrected chi connectivity index (χ0v) is 11.9. The van der Waals surface area contributed by atoms with Crippen molar-refractivity contribution in [3.05, 3.63) is 34.4 Å². The summed E-state index contributed by atoms with van der Waals surface area (Å²) in [4.78, 5) is 2.29. The van der Waals surface area contributed by atoms with Gasteiger partial charge in [-0.3, -0.25) is 0 Å². The van der Waals surface area contributed by atoms with Crippen LogP contribution in [0.4, 0.5) is 0 Å². The van der Waals surface area contributed by atoms with Crippen LogP contribution in [0, 0.1) is 20.8 Å². The second kappa shape index (κ2) is 5.74. The Hall–Kier alpha value is -0.470. The van der Waals surface area contributed by atoms with E-state index in [0.717, 1.165) is 12.2 Å². The molecule has 1 atom stereocenters. The third-order valence-electron chi connectivity index (χ3n) is 3.10. The van der Waals surface area contributed by atoms with Crippen LogP contribution in [-0.2, 0) is 0 Å². The first kappa shape index (κ1) is 13.6. The number of benzene rings is 1. The lowest BCUT2D eigenvalue weighted by atomic mass is 9.92. The first-order valence-corrected chi connectivity index (χ1v) is 6.45. The molecule has 1 aromatic rings. The summed E-state index contributed by atoms with van der Waals surface area (Å²) in [5, 5.41) is 0. The summed E-state index contributed by atoms with van der Waals surface area (Å²) in [6.45, 7) is 6.59. The molecule has 0 aliphatic rings. The highest BCUT2D eigenvalue weighted by atomic mass is 32.1. The van der Waals surface area contributed by atoms with Crippen LogP contribution < -0.4 is 0 Å². The quantitative estimate of drug-likeness (QED) is 0.784. The lowest BCUT2D eigenvalue weighted by Gasteiger charge is -2.27. The molecule has 1 unspecified atom stereocenters. The smallest absolute Gasteiger partial charge is 0.0355 e. The molecule has 0 aromatic heterocycles. The number of hydrogen-bond acceptors (Lipinski definition) is 2. The van der Waals surface area contributed by atoms with Crippen molar-refractivity contribution in [3.63, 3.8) is 0 Å². The van der Waals surface area contributed by atoms with Crippen molar-refractivity contribution in [1.29, 1.82) is 0 Å². The van der Waals surface area contributed by atoms with E-state index in [0.29, 0.717) is 6.04 Å². The van der Waals surface area contributed by atoms with Crippen molar-refractivity contribution in [2.45, 2.75) is 33.2 Å². The molecule has 0 saturated carbocycles. The molecule has 1 nitrogen and oxygen atoms in total. The third-order valence-corrected chi connectivity index (χ3v) is 3.36. The Balaban J connectivity index is 3.18. The van der Waals surface area contributed by atoms with Crippen LogP contribution in [0.3, 0.4) is 0 Å². The molecule has 0 heterocycles. The van der Waals surface area contributed by atoms with E-state index in [1.807, 2.05) is 0 Å². The summed E-state index contributed by atoms with van der Waals surface area (Å²) in [5.41, 5.74) is 5.63. The Morgan fingerprint density at radius 3 is 2.00 bits per heavy atom. The van der Waals surface area contributed by atoms with Gasteiger partial charge in [-0.15, -0.1) is 0 Å². The SMILES string of the molecule is Cc1cc(C)c(C(CCS)N(C)C)c(C)c1. The largest absolute Gasteiger partial charge is 0.302 e. The molecule has 0 fully saturated rings. The highest BCUT2D eigenvalue weighted by molar-refractivity contribution is 7.80. The summed E-state index contributed by atoms with van der Waals surface area (Å²) in [6, 6.07) is 5.03. The molecule has 0 aliphatic heterocycles. The number of hydrogen-bond donors (Lipinski definition) is 1. The second-order valence-electron chi connectivity index (χ2n) is 4.80. The molecular weight excluding hydrogens is 214 g/mol. The van der Waals surface area contributed by atoms with Crippen LogP contribution in [0.2, 0.25) is 0 Å². The molecule has 0 radical (unpaired) electrons. The number of nitrogens with zero attached hydrogens (tertiary/aromatic N) is 1. The minimum Gasteiger partial charge on any atom is -0.302 e. The third kappa shape index (κ3) is 3.02. The van der Waals surface area contributed by atoms with Crippen LogP contribution in [-0.4, -0.2) is 24.7 Å². The predicted molar refractivity (Wildman–Crippen MR) is 75.6 cm³/mol. The van der Waals surface area contributed by atoms with Crippen molar-refractivity contribution in [2.75, 3.05) is 19.8 Å². The summed E-state index contributed by atoms with van der Waals surface area (Å²) in [6.07, 6.45) is 1.10. The first-order chi connectivity index (χ1) is 7.47. The molecule has 90 valence electrons. The fourth-order valence-corrected chi connectivity index (χ4v) is 2.74. The molecule has 0 bridgehead atoms. The summed E-state index contributed by atoms with van der Waals surface area (Å²) >= 11 is 4.37. The van der Waals surface area contributed by atoms with Gasteiger partial charge in [-0.1, -0.05) is 17.7 Å². The second-order valence-corrected chi connectivity index (χ2v) is 5.25. The van der Waals surface area contributed by atoms with E-state index in [2.05, 4.69) is 64.5 Å². The molecular formula is C14H23NS. The molecule has 0 saturated heterocycles. The topological polar surface area (TPSA) is 3.24 Å². The zero-order chi connectivity index (χ0) is 12.3. The Morgan fingerprint density at radius 1 is 1.12 bits per heavy atom. The van der Waals surface area contributed by atoms with Crippen LogP contribution in [0.25, 0.3) is 0 Å². The maximum atomic E-state index is 4.37. The highest BCUT2D eigenvalue weighted by Gasteiger charge is 2.17. The number of thiol groups is 1. The van der Waals surface area contributed by atoms with E-state index in [-0.39, 0.29) is 0 Å². The maximum Gasteiger partial charge on any atom is 0.0355 e. The van der Waals surface area contributed by atoms with E-state index < -0.39 is 0 Å². The minimum atomic E-state index is 0.484. The van der Waals surface area contributed by atoms with E-state index in [1.54, 1.807) is 0 Å². The molecule has 1 aromatic carbocycles. The Labute approximate surface area is 105 Å².